The Hall–Kier alpha value is -3.09. The summed E-state index contributed by atoms with van der Waals surface area (Å²) in [6.45, 7) is 2.92. The number of hydrogen-bond acceptors (Lipinski definition) is 5. The smallest absolute Gasteiger partial charge is 0.287 e. The van der Waals surface area contributed by atoms with E-state index in [9.17, 15) is 9.59 Å². The van der Waals surface area contributed by atoms with Crippen molar-refractivity contribution in [2.75, 3.05) is 13.1 Å². The van der Waals surface area contributed by atoms with Crippen molar-refractivity contribution in [3.63, 3.8) is 0 Å². The molecule has 1 saturated heterocycles. The Balaban J connectivity index is 1.34. The number of furan rings is 1. The average Bonchev–Trinajstić information content (AvgIpc) is 3.37. The van der Waals surface area contributed by atoms with Crippen LogP contribution in [0.3, 0.4) is 0 Å². The number of benzene rings is 1. The average molecular weight is 367 g/mol. The van der Waals surface area contributed by atoms with E-state index in [1.54, 1.807) is 24.0 Å². The van der Waals surface area contributed by atoms with Crippen molar-refractivity contribution in [2.45, 2.75) is 31.7 Å². The Morgan fingerprint density at radius 1 is 1.19 bits per heavy atom. The van der Waals surface area contributed by atoms with Crippen LogP contribution in [-0.2, 0) is 4.79 Å². The van der Waals surface area contributed by atoms with Gasteiger partial charge in [0.15, 0.2) is 17.2 Å². The van der Waals surface area contributed by atoms with Crippen LogP contribution >= 0.6 is 0 Å². The van der Waals surface area contributed by atoms with E-state index in [0.717, 1.165) is 29.8 Å². The van der Waals surface area contributed by atoms with E-state index in [2.05, 4.69) is 10.3 Å². The van der Waals surface area contributed by atoms with Gasteiger partial charge < -0.3 is 19.1 Å². The first-order chi connectivity index (χ1) is 13.1. The monoisotopic (exact) mass is 367 g/mol. The van der Waals surface area contributed by atoms with E-state index in [1.165, 1.54) is 6.26 Å². The van der Waals surface area contributed by atoms with Gasteiger partial charge in [-0.25, -0.2) is 4.98 Å². The molecule has 0 aliphatic carbocycles. The topological polar surface area (TPSA) is 88.6 Å². The molecule has 3 heterocycles. The predicted molar refractivity (Wildman–Crippen MR) is 98.2 cm³/mol. The van der Waals surface area contributed by atoms with Gasteiger partial charge in [-0.3, -0.25) is 9.59 Å². The lowest BCUT2D eigenvalue weighted by Gasteiger charge is -2.32. The zero-order chi connectivity index (χ0) is 18.8. The van der Waals surface area contributed by atoms with Crippen LogP contribution in [0.4, 0.5) is 0 Å². The summed E-state index contributed by atoms with van der Waals surface area (Å²) in [6.07, 6.45) is 3.01. The summed E-state index contributed by atoms with van der Waals surface area (Å²) in [6, 6.07) is 10.3. The molecule has 3 aromatic rings. The van der Waals surface area contributed by atoms with Crippen molar-refractivity contribution in [3.8, 4) is 0 Å². The highest BCUT2D eigenvalue weighted by Gasteiger charge is 2.30. The molecule has 0 bridgehead atoms. The third kappa shape index (κ3) is 3.58. The summed E-state index contributed by atoms with van der Waals surface area (Å²) in [7, 11) is 0. The Bertz CT molecular complexity index is 906. The van der Waals surface area contributed by atoms with Gasteiger partial charge in [-0.05, 0) is 44.0 Å². The number of nitrogens with one attached hydrogen (secondary N) is 1. The third-order valence-electron chi connectivity index (χ3n) is 4.93. The summed E-state index contributed by atoms with van der Waals surface area (Å²) in [4.78, 5) is 31.0. The summed E-state index contributed by atoms with van der Waals surface area (Å²) in [5, 5.41) is 2.69. The highest BCUT2D eigenvalue weighted by molar-refractivity contribution is 5.95. The van der Waals surface area contributed by atoms with Crippen molar-refractivity contribution in [3.05, 3.63) is 54.3 Å². The summed E-state index contributed by atoms with van der Waals surface area (Å²) in [5.41, 5.74) is 1.65. The largest absolute Gasteiger partial charge is 0.459 e. The molecule has 1 atom stereocenters. The molecule has 27 heavy (non-hydrogen) atoms. The predicted octanol–water partition coefficient (Wildman–Crippen LogP) is 2.95. The second kappa shape index (κ2) is 7.26. The molecule has 2 amide bonds. The zero-order valence-corrected chi connectivity index (χ0v) is 15.1. The quantitative estimate of drug-likeness (QED) is 0.766. The lowest BCUT2D eigenvalue weighted by atomic mass is 9.96. The van der Waals surface area contributed by atoms with E-state index >= 15 is 0 Å². The molecule has 7 nitrogen and oxygen atoms in total. The number of aromatic nitrogens is 1. The maximum absolute atomic E-state index is 12.6. The number of hydrogen-bond donors (Lipinski definition) is 1. The fourth-order valence-corrected chi connectivity index (χ4v) is 3.42. The Morgan fingerprint density at radius 3 is 2.67 bits per heavy atom. The van der Waals surface area contributed by atoms with Gasteiger partial charge in [0.2, 0.25) is 5.91 Å². The number of rotatable bonds is 4. The van der Waals surface area contributed by atoms with Crippen LogP contribution in [0.15, 0.2) is 51.5 Å². The Labute approximate surface area is 156 Å². The molecule has 1 aliphatic heterocycles. The van der Waals surface area contributed by atoms with Crippen molar-refractivity contribution in [1.29, 1.82) is 0 Å². The molecular weight excluding hydrogens is 346 g/mol. The van der Waals surface area contributed by atoms with Crippen LogP contribution in [0.5, 0.6) is 0 Å². The van der Waals surface area contributed by atoms with Crippen LogP contribution < -0.4 is 5.32 Å². The normalized spacial score (nSPS) is 16.4. The number of nitrogens with zero attached hydrogens (tertiary/aromatic N) is 2. The maximum atomic E-state index is 12.6. The van der Waals surface area contributed by atoms with E-state index in [1.807, 2.05) is 24.3 Å². The zero-order valence-electron chi connectivity index (χ0n) is 15.1. The first kappa shape index (κ1) is 17.3. The highest BCUT2D eigenvalue weighted by atomic mass is 16.3. The minimum absolute atomic E-state index is 0.0917. The van der Waals surface area contributed by atoms with Crippen LogP contribution in [-0.4, -0.2) is 40.8 Å². The fraction of sp³-hybridized carbons (Fsp3) is 0.350. The molecule has 1 fully saturated rings. The second-order valence-electron chi connectivity index (χ2n) is 6.79. The fourth-order valence-electron chi connectivity index (χ4n) is 3.42. The molecule has 0 saturated carbocycles. The first-order valence-corrected chi connectivity index (χ1v) is 9.10. The number of carbonyl (C=O) groups is 2. The molecule has 0 unspecified atom stereocenters. The highest BCUT2D eigenvalue weighted by Crippen LogP contribution is 2.30. The van der Waals surface area contributed by atoms with Gasteiger partial charge in [0.05, 0.1) is 6.26 Å². The molecule has 1 N–H and O–H groups in total. The number of amides is 2. The number of likely N-dealkylation sites (tertiary alicyclic amines) is 1. The van der Waals surface area contributed by atoms with Gasteiger partial charge in [-0.2, -0.15) is 0 Å². The number of para-hydroxylation sites is 2. The summed E-state index contributed by atoms with van der Waals surface area (Å²) < 4.78 is 10.9. The molecule has 0 spiro atoms. The van der Waals surface area contributed by atoms with Gasteiger partial charge in [-0.1, -0.05) is 12.1 Å². The van der Waals surface area contributed by atoms with Crippen LogP contribution in [0, 0.1) is 0 Å². The van der Waals surface area contributed by atoms with Crippen LogP contribution in [0.25, 0.3) is 11.1 Å². The van der Waals surface area contributed by atoms with Gasteiger partial charge in [0.25, 0.3) is 5.91 Å². The second-order valence-corrected chi connectivity index (χ2v) is 6.79. The molecule has 0 radical (unpaired) electrons. The Morgan fingerprint density at radius 2 is 1.96 bits per heavy atom. The summed E-state index contributed by atoms with van der Waals surface area (Å²) in [5.74, 6) is 0.661. The first-order valence-electron chi connectivity index (χ1n) is 9.10. The third-order valence-corrected chi connectivity index (χ3v) is 4.93. The summed E-state index contributed by atoms with van der Waals surface area (Å²) >= 11 is 0. The lowest BCUT2D eigenvalue weighted by Crippen LogP contribution is -2.49. The van der Waals surface area contributed by atoms with Gasteiger partial charge in [0, 0.05) is 19.0 Å². The number of piperidine rings is 1. The van der Waals surface area contributed by atoms with Crippen molar-refractivity contribution in [1.82, 2.24) is 15.2 Å². The van der Waals surface area contributed by atoms with Gasteiger partial charge in [0.1, 0.15) is 11.6 Å². The number of oxazole rings is 1. The van der Waals surface area contributed by atoms with E-state index < -0.39 is 6.04 Å². The molecule has 1 aromatic carbocycles. The number of fused-ring (bicyclic) bond motifs is 1. The molecule has 140 valence electrons. The van der Waals surface area contributed by atoms with Gasteiger partial charge >= 0.3 is 0 Å². The van der Waals surface area contributed by atoms with Crippen molar-refractivity contribution >= 4 is 22.9 Å². The van der Waals surface area contributed by atoms with Crippen LogP contribution in [0.1, 0.15) is 42.1 Å². The SMILES string of the molecule is C[C@@H](NC(=O)c1ccco1)C(=O)N1CCC(c2nc3ccccc3o2)CC1. The lowest BCUT2D eigenvalue weighted by molar-refractivity contribution is -0.133. The molecule has 7 heteroatoms. The van der Waals surface area contributed by atoms with E-state index in [-0.39, 0.29) is 23.5 Å². The molecular formula is C20H21N3O4. The van der Waals surface area contributed by atoms with Gasteiger partial charge in [-0.15, -0.1) is 0 Å². The maximum Gasteiger partial charge on any atom is 0.287 e. The molecule has 1 aliphatic rings. The van der Waals surface area contributed by atoms with E-state index in [0.29, 0.717) is 13.1 Å². The van der Waals surface area contributed by atoms with Crippen molar-refractivity contribution < 1.29 is 18.4 Å². The minimum Gasteiger partial charge on any atom is -0.459 e. The molecule has 2 aromatic heterocycles. The Kier molecular flexibility index (Phi) is 4.66. The van der Waals surface area contributed by atoms with Crippen LogP contribution in [0.2, 0.25) is 0 Å². The number of carbonyl (C=O) groups excluding carboxylic acids is 2. The van der Waals surface area contributed by atoms with E-state index in [4.69, 9.17) is 8.83 Å². The minimum atomic E-state index is -0.608. The molecule has 4 rings (SSSR count). The van der Waals surface area contributed by atoms with Crippen molar-refractivity contribution in [2.24, 2.45) is 0 Å². The standard InChI is InChI=1S/C20H21N3O4/c1-13(21-18(24)17-7-4-12-26-17)20(25)23-10-8-14(9-11-23)19-22-15-5-2-3-6-16(15)27-19/h2-7,12-14H,8-11H2,1H3,(H,21,24)/t13-/m1/s1.